The molecule has 1 aliphatic rings. The second kappa shape index (κ2) is 7.43. The molecule has 1 fully saturated rings. The Bertz CT molecular complexity index is 693. The standard InChI is InChI=1S/C17H16Cl3N3/c18-14-3-5-16(6-4-14)22-7-9-23(10-8-22)21-12-13-1-2-15(19)11-17(13)20/h1-6,11-12H,7-10H2/b21-12+. The topological polar surface area (TPSA) is 18.8 Å². The van der Waals surface area contributed by atoms with E-state index in [1.165, 1.54) is 5.69 Å². The van der Waals surface area contributed by atoms with Gasteiger partial charge in [-0.15, -0.1) is 0 Å². The molecule has 6 heteroatoms. The number of nitrogens with zero attached hydrogens (tertiary/aromatic N) is 3. The van der Waals surface area contributed by atoms with E-state index in [1.807, 2.05) is 24.3 Å². The van der Waals surface area contributed by atoms with Crippen molar-refractivity contribution in [2.24, 2.45) is 5.10 Å². The van der Waals surface area contributed by atoms with Crippen LogP contribution in [0.1, 0.15) is 5.56 Å². The highest BCUT2D eigenvalue weighted by atomic mass is 35.5. The number of hydrogen-bond acceptors (Lipinski definition) is 3. The van der Waals surface area contributed by atoms with Crippen molar-refractivity contribution in [3.05, 3.63) is 63.1 Å². The van der Waals surface area contributed by atoms with Gasteiger partial charge in [-0.2, -0.15) is 5.10 Å². The molecule has 0 aromatic heterocycles. The molecule has 23 heavy (non-hydrogen) atoms. The zero-order chi connectivity index (χ0) is 16.2. The first-order valence-corrected chi connectivity index (χ1v) is 8.50. The molecule has 0 unspecified atom stereocenters. The molecule has 0 spiro atoms. The van der Waals surface area contributed by atoms with E-state index in [0.717, 1.165) is 36.8 Å². The Labute approximate surface area is 151 Å². The number of benzene rings is 2. The van der Waals surface area contributed by atoms with E-state index in [2.05, 4.69) is 27.1 Å². The molecule has 0 saturated carbocycles. The summed E-state index contributed by atoms with van der Waals surface area (Å²) in [5.41, 5.74) is 2.06. The molecule has 0 aliphatic carbocycles. The zero-order valence-electron chi connectivity index (χ0n) is 12.4. The van der Waals surface area contributed by atoms with Gasteiger partial charge < -0.3 is 4.90 Å². The first-order valence-electron chi connectivity index (χ1n) is 7.36. The van der Waals surface area contributed by atoms with E-state index in [4.69, 9.17) is 34.8 Å². The molecule has 1 aliphatic heterocycles. The van der Waals surface area contributed by atoms with Crippen molar-refractivity contribution in [3.63, 3.8) is 0 Å². The van der Waals surface area contributed by atoms with Crippen LogP contribution in [0.5, 0.6) is 0 Å². The smallest absolute Gasteiger partial charge is 0.0557 e. The van der Waals surface area contributed by atoms with Crippen LogP contribution in [-0.4, -0.2) is 37.4 Å². The van der Waals surface area contributed by atoms with E-state index in [9.17, 15) is 0 Å². The molecule has 0 N–H and O–H groups in total. The Balaban J connectivity index is 1.58. The number of hydrogen-bond donors (Lipinski definition) is 0. The molecule has 0 atom stereocenters. The molecule has 0 radical (unpaired) electrons. The van der Waals surface area contributed by atoms with E-state index in [-0.39, 0.29) is 0 Å². The molecule has 1 heterocycles. The Morgan fingerprint density at radius 2 is 1.48 bits per heavy atom. The Morgan fingerprint density at radius 1 is 0.826 bits per heavy atom. The largest absolute Gasteiger partial charge is 0.368 e. The third-order valence-electron chi connectivity index (χ3n) is 3.77. The summed E-state index contributed by atoms with van der Waals surface area (Å²) in [4.78, 5) is 2.33. The highest BCUT2D eigenvalue weighted by molar-refractivity contribution is 6.36. The van der Waals surface area contributed by atoms with Gasteiger partial charge in [-0.05, 0) is 36.4 Å². The second-order valence-electron chi connectivity index (χ2n) is 5.33. The maximum atomic E-state index is 6.15. The first kappa shape index (κ1) is 16.4. The fraction of sp³-hybridized carbons (Fsp3) is 0.235. The van der Waals surface area contributed by atoms with Crippen molar-refractivity contribution in [1.29, 1.82) is 0 Å². The molecule has 2 aromatic rings. The number of anilines is 1. The third-order valence-corrected chi connectivity index (χ3v) is 4.58. The Morgan fingerprint density at radius 3 is 2.13 bits per heavy atom. The minimum Gasteiger partial charge on any atom is -0.368 e. The summed E-state index contributed by atoms with van der Waals surface area (Å²) in [5.74, 6) is 0. The van der Waals surface area contributed by atoms with Crippen LogP contribution in [0.4, 0.5) is 5.69 Å². The van der Waals surface area contributed by atoms with Gasteiger partial charge in [0.1, 0.15) is 0 Å². The summed E-state index contributed by atoms with van der Waals surface area (Å²) < 4.78 is 0. The zero-order valence-corrected chi connectivity index (χ0v) is 14.7. The van der Waals surface area contributed by atoms with Gasteiger partial charge in [0.05, 0.1) is 24.3 Å². The van der Waals surface area contributed by atoms with Crippen LogP contribution >= 0.6 is 34.8 Å². The van der Waals surface area contributed by atoms with Gasteiger partial charge in [0.15, 0.2) is 0 Å². The average Bonchev–Trinajstić information content (AvgIpc) is 2.55. The van der Waals surface area contributed by atoms with E-state index in [1.54, 1.807) is 12.3 Å². The van der Waals surface area contributed by atoms with Gasteiger partial charge in [0.2, 0.25) is 0 Å². The fourth-order valence-electron chi connectivity index (χ4n) is 2.47. The third kappa shape index (κ3) is 4.31. The lowest BCUT2D eigenvalue weighted by Gasteiger charge is -2.34. The maximum absolute atomic E-state index is 6.15. The lowest BCUT2D eigenvalue weighted by atomic mass is 10.2. The van der Waals surface area contributed by atoms with E-state index in [0.29, 0.717) is 10.0 Å². The van der Waals surface area contributed by atoms with Crippen molar-refractivity contribution in [2.75, 3.05) is 31.1 Å². The molecule has 3 nitrogen and oxygen atoms in total. The highest BCUT2D eigenvalue weighted by Gasteiger charge is 2.15. The van der Waals surface area contributed by atoms with Crippen LogP contribution in [-0.2, 0) is 0 Å². The van der Waals surface area contributed by atoms with Crippen molar-refractivity contribution in [2.45, 2.75) is 0 Å². The first-order chi connectivity index (χ1) is 11.1. The van der Waals surface area contributed by atoms with E-state index >= 15 is 0 Å². The lowest BCUT2D eigenvalue weighted by molar-refractivity contribution is 0.272. The average molecular weight is 369 g/mol. The van der Waals surface area contributed by atoms with Crippen LogP contribution in [0.3, 0.4) is 0 Å². The van der Waals surface area contributed by atoms with E-state index < -0.39 is 0 Å². The minimum atomic E-state index is 0.612. The molecule has 120 valence electrons. The summed E-state index contributed by atoms with van der Waals surface area (Å²) in [7, 11) is 0. The normalized spacial score (nSPS) is 15.4. The number of rotatable bonds is 3. The summed E-state index contributed by atoms with van der Waals surface area (Å²) in [6, 6.07) is 13.4. The molecule has 3 rings (SSSR count). The second-order valence-corrected chi connectivity index (χ2v) is 6.61. The maximum Gasteiger partial charge on any atom is 0.0557 e. The monoisotopic (exact) mass is 367 g/mol. The predicted molar refractivity (Wildman–Crippen MR) is 99.3 cm³/mol. The van der Waals surface area contributed by atoms with Crippen molar-refractivity contribution >= 4 is 46.7 Å². The van der Waals surface area contributed by atoms with Crippen LogP contribution in [0.25, 0.3) is 0 Å². The summed E-state index contributed by atoms with van der Waals surface area (Å²) >= 11 is 18.0. The van der Waals surface area contributed by atoms with Crippen molar-refractivity contribution in [1.82, 2.24) is 5.01 Å². The Hall–Kier alpha value is -1.42. The summed E-state index contributed by atoms with van der Waals surface area (Å²) in [5, 5.41) is 8.57. The molecule has 1 saturated heterocycles. The minimum absolute atomic E-state index is 0.612. The van der Waals surface area contributed by atoms with Gasteiger partial charge in [-0.1, -0.05) is 40.9 Å². The number of halogens is 3. The molecule has 2 aromatic carbocycles. The molecular formula is C17H16Cl3N3. The highest BCUT2D eigenvalue weighted by Crippen LogP contribution is 2.21. The van der Waals surface area contributed by atoms with Gasteiger partial charge in [-0.25, -0.2) is 0 Å². The van der Waals surface area contributed by atoms with Crippen LogP contribution in [0.15, 0.2) is 47.6 Å². The van der Waals surface area contributed by atoms with Gasteiger partial charge in [-0.3, -0.25) is 5.01 Å². The van der Waals surface area contributed by atoms with Crippen molar-refractivity contribution < 1.29 is 0 Å². The summed E-state index contributed by atoms with van der Waals surface area (Å²) in [6.07, 6.45) is 1.79. The predicted octanol–water partition coefficient (Wildman–Crippen LogP) is 4.80. The fourth-order valence-corrected chi connectivity index (χ4v) is 3.05. The molecule has 0 bridgehead atoms. The van der Waals surface area contributed by atoms with Crippen LogP contribution in [0, 0.1) is 0 Å². The lowest BCUT2D eigenvalue weighted by Crippen LogP contribution is -2.44. The van der Waals surface area contributed by atoms with Crippen molar-refractivity contribution in [3.8, 4) is 0 Å². The Kier molecular flexibility index (Phi) is 5.31. The quantitative estimate of drug-likeness (QED) is 0.724. The van der Waals surface area contributed by atoms with Crippen LogP contribution in [0.2, 0.25) is 15.1 Å². The van der Waals surface area contributed by atoms with Gasteiger partial charge in [0.25, 0.3) is 0 Å². The van der Waals surface area contributed by atoms with Gasteiger partial charge >= 0.3 is 0 Å². The SMILES string of the molecule is Clc1ccc(N2CCN(/N=C/c3ccc(Cl)cc3Cl)CC2)cc1. The van der Waals surface area contributed by atoms with Crippen LogP contribution < -0.4 is 4.90 Å². The molecular weight excluding hydrogens is 353 g/mol. The number of hydrazone groups is 1. The summed E-state index contributed by atoms with van der Waals surface area (Å²) in [6.45, 7) is 3.58. The van der Waals surface area contributed by atoms with Gasteiger partial charge in [0, 0.05) is 34.4 Å². The molecule has 0 amide bonds. The number of piperazine rings is 1.